The number of carbonyl (C=O) groups is 1. The highest BCUT2D eigenvalue weighted by atomic mass is 16.5. The standard InChI is InChI=1S/C18H24O4/c1-5-6-7-8-13-14-11-12(21-3)9-10-15(14)18(2,20)16(13)17(19)22-4/h9-11,20H,5-8H2,1-4H3. The molecule has 1 unspecified atom stereocenters. The Kier molecular flexibility index (Phi) is 4.91. The van der Waals surface area contributed by atoms with Gasteiger partial charge in [0.15, 0.2) is 0 Å². The van der Waals surface area contributed by atoms with Crippen molar-refractivity contribution in [3.8, 4) is 5.75 Å². The lowest BCUT2D eigenvalue weighted by Gasteiger charge is -2.21. The largest absolute Gasteiger partial charge is 0.497 e. The Morgan fingerprint density at radius 3 is 2.59 bits per heavy atom. The molecule has 120 valence electrons. The van der Waals surface area contributed by atoms with E-state index < -0.39 is 11.6 Å². The zero-order valence-corrected chi connectivity index (χ0v) is 13.7. The summed E-state index contributed by atoms with van der Waals surface area (Å²) in [6.45, 7) is 3.79. The molecular weight excluding hydrogens is 280 g/mol. The Hall–Kier alpha value is -1.81. The lowest BCUT2D eigenvalue weighted by Crippen LogP contribution is -2.27. The van der Waals surface area contributed by atoms with Gasteiger partial charge in [-0.3, -0.25) is 0 Å². The first-order valence-electron chi connectivity index (χ1n) is 7.70. The van der Waals surface area contributed by atoms with Crippen molar-refractivity contribution in [1.82, 2.24) is 0 Å². The van der Waals surface area contributed by atoms with E-state index >= 15 is 0 Å². The molecule has 0 spiro atoms. The van der Waals surface area contributed by atoms with Gasteiger partial charge in [-0.25, -0.2) is 4.79 Å². The molecule has 2 rings (SSSR count). The predicted molar refractivity (Wildman–Crippen MR) is 85.6 cm³/mol. The van der Waals surface area contributed by atoms with Crippen LogP contribution in [0.25, 0.3) is 5.57 Å². The first kappa shape index (κ1) is 16.6. The van der Waals surface area contributed by atoms with E-state index in [-0.39, 0.29) is 0 Å². The van der Waals surface area contributed by atoms with Crippen LogP contribution in [0.4, 0.5) is 0 Å². The van der Waals surface area contributed by atoms with E-state index in [1.807, 2.05) is 12.1 Å². The fourth-order valence-electron chi connectivity index (χ4n) is 3.12. The van der Waals surface area contributed by atoms with Gasteiger partial charge in [-0.05, 0) is 48.6 Å². The number of carbonyl (C=O) groups excluding carboxylic acids is 1. The van der Waals surface area contributed by atoms with E-state index in [1.54, 1.807) is 20.1 Å². The summed E-state index contributed by atoms with van der Waals surface area (Å²) in [6, 6.07) is 5.52. The Balaban J connectivity index is 2.55. The molecule has 1 aromatic carbocycles. The summed E-state index contributed by atoms with van der Waals surface area (Å²) in [5.41, 5.74) is 1.53. The molecule has 0 fully saturated rings. The van der Waals surface area contributed by atoms with Crippen LogP contribution in [-0.4, -0.2) is 25.3 Å². The zero-order valence-electron chi connectivity index (χ0n) is 13.7. The normalized spacial score (nSPS) is 20.0. The van der Waals surface area contributed by atoms with E-state index in [4.69, 9.17) is 9.47 Å². The van der Waals surface area contributed by atoms with Crippen molar-refractivity contribution < 1.29 is 19.4 Å². The summed E-state index contributed by atoms with van der Waals surface area (Å²) < 4.78 is 10.2. The smallest absolute Gasteiger partial charge is 0.337 e. The lowest BCUT2D eigenvalue weighted by atomic mass is 9.92. The molecule has 0 aromatic heterocycles. The molecule has 0 amide bonds. The van der Waals surface area contributed by atoms with E-state index in [9.17, 15) is 9.90 Å². The summed E-state index contributed by atoms with van der Waals surface area (Å²) in [5, 5.41) is 10.9. The van der Waals surface area contributed by atoms with Crippen molar-refractivity contribution in [1.29, 1.82) is 0 Å². The molecule has 0 saturated carbocycles. The summed E-state index contributed by atoms with van der Waals surface area (Å²) in [5.74, 6) is 0.250. The minimum atomic E-state index is -1.32. The second kappa shape index (κ2) is 6.53. The predicted octanol–water partition coefficient (Wildman–Crippen LogP) is 3.42. The lowest BCUT2D eigenvalue weighted by molar-refractivity contribution is -0.138. The first-order valence-corrected chi connectivity index (χ1v) is 7.70. The maximum Gasteiger partial charge on any atom is 0.337 e. The number of unbranched alkanes of at least 4 members (excludes halogenated alkanes) is 2. The number of allylic oxidation sites excluding steroid dienone is 1. The highest BCUT2D eigenvalue weighted by Crippen LogP contribution is 2.48. The SMILES string of the molecule is CCCCCC1=C(C(=O)OC)C(C)(O)c2ccc(OC)cc21. The quantitative estimate of drug-likeness (QED) is 0.646. The summed E-state index contributed by atoms with van der Waals surface area (Å²) in [7, 11) is 2.95. The average molecular weight is 304 g/mol. The van der Waals surface area contributed by atoms with E-state index in [1.165, 1.54) is 7.11 Å². The van der Waals surface area contributed by atoms with E-state index in [0.717, 1.165) is 42.4 Å². The minimum Gasteiger partial charge on any atom is -0.497 e. The van der Waals surface area contributed by atoms with Gasteiger partial charge in [-0.2, -0.15) is 0 Å². The number of hydrogen-bond donors (Lipinski definition) is 1. The van der Waals surface area contributed by atoms with Gasteiger partial charge in [0.25, 0.3) is 0 Å². The molecule has 4 nitrogen and oxygen atoms in total. The Bertz CT molecular complexity index is 599. The highest BCUT2D eigenvalue weighted by molar-refractivity contribution is 6.03. The topological polar surface area (TPSA) is 55.8 Å². The summed E-state index contributed by atoms with van der Waals surface area (Å²) in [6.07, 6.45) is 3.90. The van der Waals surface area contributed by atoms with Crippen molar-refractivity contribution in [2.24, 2.45) is 0 Å². The van der Waals surface area contributed by atoms with Gasteiger partial charge in [0, 0.05) is 0 Å². The van der Waals surface area contributed by atoms with Crippen LogP contribution in [-0.2, 0) is 15.1 Å². The molecule has 4 heteroatoms. The molecule has 1 atom stereocenters. The number of methoxy groups -OCH3 is 2. The summed E-state index contributed by atoms with van der Waals surface area (Å²) in [4.78, 5) is 12.2. The third-order valence-corrected chi connectivity index (χ3v) is 4.28. The van der Waals surface area contributed by atoms with Crippen LogP contribution < -0.4 is 4.74 Å². The fourth-order valence-corrected chi connectivity index (χ4v) is 3.12. The van der Waals surface area contributed by atoms with Crippen LogP contribution in [0.5, 0.6) is 5.75 Å². The number of aliphatic hydroxyl groups is 1. The second-order valence-corrected chi connectivity index (χ2v) is 5.79. The maximum absolute atomic E-state index is 12.2. The van der Waals surface area contributed by atoms with Gasteiger partial charge < -0.3 is 14.6 Å². The highest BCUT2D eigenvalue weighted by Gasteiger charge is 2.43. The molecule has 0 saturated heterocycles. The van der Waals surface area contributed by atoms with Gasteiger partial charge in [-0.15, -0.1) is 0 Å². The van der Waals surface area contributed by atoms with Crippen molar-refractivity contribution in [2.75, 3.05) is 14.2 Å². The minimum absolute atomic E-state index is 0.356. The molecule has 0 heterocycles. The monoisotopic (exact) mass is 304 g/mol. The molecule has 1 aliphatic carbocycles. The van der Waals surface area contributed by atoms with Gasteiger partial charge in [0.1, 0.15) is 11.4 Å². The van der Waals surface area contributed by atoms with E-state index in [0.29, 0.717) is 11.3 Å². The summed E-state index contributed by atoms with van der Waals surface area (Å²) >= 11 is 0. The van der Waals surface area contributed by atoms with Crippen molar-refractivity contribution in [3.63, 3.8) is 0 Å². The Labute approximate surface area is 131 Å². The first-order chi connectivity index (χ1) is 10.5. The fraction of sp³-hybridized carbons (Fsp3) is 0.500. The van der Waals surface area contributed by atoms with Gasteiger partial charge >= 0.3 is 5.97 Å². The van der Waals surface area contributed by atoms with Gasteiger partial charge in [0.2, 0.25) is 0 Å². The number of fused-ring (bicyclic) bond motifs is 1. The number of ether oxygens (including phenoxy) is 2. The van der Waals surface area contributed by atoms with Crippen LogP contribution >= 0.6 is 0 Å². The number of benzene rings is 1. The van der Waals surface area contributed by atoms with Crippen LogP contribution in [0.3, 0.4) is 0 Å². The van der Waals surface area contributed by atoms with Crippen molar-refractivity contribution in [2.45, 2.75) is 45.1 Å². The molecular formula is C18H24O4. The molecule has 0 radical (unpaired) electrons. The van der Waals surface area contributed by atoms with Crippen molar-refractivity contribution in [3.05, 3.63) is 34.9 Å². The zero-order chi connectivity index (χ0) is 16.3. The van der Waals surface area contributed by atoms with E-state index in [2.05, 4.69) is 6.92 Å². The number of hydrogen-bond acceptors (Lipinski definition) is 4. The van der Waals surface area contributed by atoms with Gasteiger partial charge in [-0.1, -0.05) is 25.8 Å². The number of rotatable bonds is 6. The van der Waals surface area contributed by atoms with Gasteiger partial charge in [0.05, 0.1) is 19.8 Å². The molecule has 1 aromatic rings. The Morgan fingerprint density at radius 1 is 1.27 bits per heavy atom. The Morgan fingerprint density at radius 2 is 2.00 bits per heavy atom. The molecule has 1 aliphatic rings. The molecule has 1 N–H and O–H groups in total. The molecule has 22 heavy (non-hydrogen) atoms. The third-order valence-electron chi connectivity index (χ3n) is 4.28. The number of esters is 1. The second-order valence-electron chi connectivity index (χ2n) is 5.79. The van der Waals surface area contributed by atoms with Crippen LogP contribution in [0, 0.1) is 0 Å². The van der Waals surface area contributed by atoms with Crippen LogP contribution in [0.2, 0.25) is 0 Å². The third kappa shape index (κ3) is 2.75. The molecule has 0 aliphatic heterocycles. The maximum atomic E-state index is 12.2. The average Bonchev–Trinajstić information content (AvgIpc) is 2.74. The van der Waals surface area contributed by atoms with Crippen molar-refractivity contribution >= 4 is 11.5 Å². The molecule has 0 bridgehead atoms. The van der Waals surface area contributed by atoms with Crippen LogP contribution in [0.15, 0.2) is 23.8 Å². The van der Waals surface area contributed by atoms with Crippen LogP contribution in [0.1, 0.15) is 50.7 Å².